The van der Waals surface area contributed by atoms with E-state index in [-0.39, 0.29) is 30.6 Å². The standard InChI is InChI=1S/C16H18F2N2O.2ClH/c17-16(18)15(20-9-7-19-8-10-20)13-5-6-14(21)12-4-2-1-3-11(12)13;;/h1-6,15-16,19,21H,7-10H2;2*1H/t15-;;/m1../s1. The van der Waals surface area contributed by atoms with Crippen molar-refractivity contribution in [1.29, 1.82) is 0 Å². The molecule has 0 unspecified atom stereocenters. The van der Waals surface area contributed by atoms with E-state index in [4.69, 9.17) is 0 Å². The summed E-state index contributed by atoms with van der Waals surface area (Å²) in [5.41, 5.74) is 0.584. The van der Waals surface area contributed by atoms with Gasteiger partial charge >= 0.3 is 0 Å². The highest BCUT2D eigenvalue weighted by Crippen LogP contribution is 2.36. The van der Waals surface area contributed by atoms with Gasteiger partial charge in [0.2, 0.25) is 0 Å². The topological polar surface area (TPSA) is 35.5 Å². The number of phenols is 1. The van der Waals surface area contributed by atoms with E-state index in [1.165, 1.54) is 6.07 Å². The maximum atomic E-state index is 13.7. The van der Waals surface area contributed by atoms with Gasteiger partial charge in [-0.3, -0.25) is 4.90 Å². The van der Waals surface area contributed by atoms with E-state index < -0.39 is 12.5 Å². The largest absolute Gasteiger partial charge is 0.507 e. The minimum Gasteiger partial charge on any atom is -0.507 e. The molecule has 23 heavy (non-hydrogen) atoms. The Hall–Kier alpha value is -1.14. The third kappa shape index (κ3) is 4.04. The molecule has 1 atom stereocenters. The lowest BCUT2D eigenvalue weighted by molar-refractivity contribution is 0.0189. The molecular formula is C16H20Cl2F2N2O. The predicted molar refractivity (Wildman–Crippen MR) is 93.3 cm³/mol. The van der Waals surface area contributed by atoms with Gasteiger partial charge in [-0.05, 0) is 17.0 Å². The molecule has 0 saturated carbocycles. The average Bonchev–Trinajstić information content (AvgIpc) is 2.51. The molecule has 3 rings (SSSR count). The van der Waals surface area contributed by atoms with Gasteiger partial charge in [0, 0.05) is 31.6 Å². The van der Waals surface area contributed by atoms with E-state index in [0.717, 1.165) is 13.1 Å². The number of halogens is 4. The number of nitrogens with one attached hydrogen (secondary N) is 1. The van der Waals surface area contributed by atoms with Crippen LogP contribution in [0.4, 0.5) is 8.78 Å². The molecule has 0 spiro atoms. The number of aromatic hydroxyl groups is 1. The summed E-state index contributed by atoms with van der Waals surface area (Å²) in [4.78, 5) is 1.82. The minimum atomic E-state index is -2.46. The zero-order valence-corrected chi connectivity index (χ0v) is 14.0. The molecule has 128 valence electrons. The normalized spacial score (nSPS) is 16.7. The van der Waals surface area contributed by atoms with Gasteiger partial charge in [-0.2, -0.15) is 0 Å². The second kappa shape index (κ2) is 8.64. The van der Waals surface area contributed by atoms with Gasteiger partial charge in [-0.15, -0.1) is 24.8 Å². The van der Waals surface area contributed by atoms with Crippen LogP contribution in [-0.2, 0) is 0 Å². The highest BCUT2D eigenvalue weighted by molar-refractivity contribution is 5.91. The van der Waals surface area contributed by atoms with Crippen LogP contribution < -0.4 is 5.32 Å². The molecule has 3 nitrogen and oxygen atoms in total. The lowest BCUT2D eigenvalue weighted by atomic mass is 9.96. The molecule has 2 aromatic rings. The molecule has 0 aliphatic carbocycles. The molecule has 1 aliphatic heterocycles. The number of piperazine rings is 1. The van der Waals surface area contributed by atoms with Crippen molar-refractivity contribution in [2.75, 3.05) is 26.2 Å². The van der Waals surface area contributed by atoms with Crippen molar-refractivity contribution in [1.82, 2.24) is 10.2 Å². The van der Waals surface area contributed by atoms with Crippen molar-refractivity contribution in [2.24, 2.45) is 0 Å². The van der Waals surface area contributed by atoms with Crippen LogP contribution in [0.15, 0.2) is 36.4 Å². The Labute approximate surface area is 146 Å². The molecule has 0 aromatic heterocycles. The van der Waals surface area contributed by atoms with E-state index >= 15 is 0 Å². The first-order valence-corrected chi connectivity index (χ1v) is 7.12. The van der Waals surface area contributed by atoms with Crippen LogP contribution in [0.3, 0.4) is 0 Å². The number of hydrogen-bond donors (Lipinski definition) is 2. The van der Waals surface area contributed by atoms with Crippen LogP contribution in [0.2, 0.25) is 0 Å². The summed E-state index contributed by atoms with van der Waals surface area (Å²) >= 11 is 0. The van der Waals surface area contributed by atoms with E-state index in [9.17, 15) is 13.9 Å². The summed E-state index contributed by atoms with van der Waals surface area (Å²) in [5, 5.41) is 14.4. The van der Waals surface area contributed by atoms with Crippen LogP contribution in [0.1, 0.15) is 11.6 Å². The smallest absolute Gasteiger partial charge is 0.258 e. The Kier molecular flexibility index (Phi) is 7.48. The van der Waals surface area contributed by atoms with Crippen molar-refractivity contribution in [3.05, 3.63) is 42.0 Å². The molecule has 1 fully saturated rings. The summed E-state index contributed by atoms with van der Waals surface area (Å²) < 4.78 is 27.3. The molecule has 2 aromatic carbocycles. The second-order valence-electron chi connectivity index (χ2n) is 5.28. The molecular weight excluding hydrogens is 345 g/mol. The number of rotatable bonds is 3. The number of benzene rings is 2. The molecule has 1 aliphatic rings. The molecule has 0 radical (unpaired) electrons. The Morgan fingerprint density at radius 3 is 2.17 bits per heavy atom. The second-order valence-corrected chi connectivity index (χ2v) is 5.28. The summed E-state index contributed by atoms with van der Waals surface area (Å²) in [6.45, 7) is 2.65. The van der Waals surface area contributed by atoms with E-state index in [2.05, 4.69) is 5.32 Å². The number of alkyl halides is 2. The van der Waals surface area contributed by atoms with Gasteiger partial charge < -0.3 is 10.4 Å². The third-order valence-electron chi connectivity index (χ3n) is 4.04. The number of nitrogens with zero attached hydrogens (tertiary/aromatic N) is 1. The van der Waals surface area contributed by atoms with Crippen molar-refractivity contribution in [2.45, 2.75) is 12.5 Å². The molecule has 1 heterocycles. The van der Waals surface area contributed by atoms with Crippen LogP contribution >= 0.6 is 24.8 Å². The monoisotopic (exact) mass is 364 g/mol. The Morgan fingerprint density at radius 1 is 0.957 bits per heavy atom. The number of fused-ring (bicyclic) bond motifs is 1. The van der Waals surface area contributed by atoms with Gasteiger partial charge in [0.25, 0.3) is 6.43 Å². The van der Waals surface area contributed by atoms with Gasteiger partial charge in [-0.1, -0.05) is 30.3 Å². The van der Waals surface area contributed by atoms with Crippen LogP contribution in [0.25, 0.3) is 10.8 Å². The van der Waals surface area contributed by atoms with Gasteiger partial charge in [-0.25, -0.2) is 8.78 Å². The quantitative estimate of drug-likeness (QED) is 0.873. The summed E-state index contributed by atoms with van der Waals surface area (Å²) in [6, 6.07) is 9.36. The maximum Gasteiger partial charge on any atom is 0.258 e. The van der Waals surface area contributed by atoms with E-state index in [0.29, 0.717) is 29.4 Å². The molecule has 1 saturated heterocycles. The fourth-order valence-electron chi connectivity index (χ4n) is 3.02. The average molecular weight is 365 g/mol. The highest BCUT2D eigenvalue weighted by atomic mass is 35.5. The Morgan fingerprint density at radius 2 is 1.57 bits per heavy atom. The Balaban J connectivity index is 0.00000132. The van der Waals surface area contributed by atoms with Crippen molar-refractivity contribution < 1.29 is 13.9 Å². The number of hydrogen-bond acceptors (Lipinski definition) is 3. The minimum absolute atomic E-state index is 0. The molecule has 0 amide bonds. The zero-order valence-electron chi connectivity index (χ0n) is 12.4. The fraction of sp³-hybridized carbons (Fsp3) is 0.375. The summed E-state index contributed by atoms with van der Waals surface area (Å²) in [5.74, 6) is 0.127. The van der Waals surface area contributed by atoms with Crippen LogP contribution in [-0.4, -0.2) is 42.6 Å². The van der Waals surface area contributed by atoms with Gasteiger partial charge in [0.05, 0.1) is 6.04 Å². The lowest BCUT2D eigenvalue weighted by Gasteiger charge is -2.35. The van der Waals surface area contributed by atoms with E-state index in [1.807, 2.05) is 11.0 Å². The first-order chi connectivity index (χ1) is 10.2. The lowest BCUT2D eigenvalue weighted by Crippen LogP contribution is -2.46. The van der Waals surface area contributed by atoms with Crippen molar-refractivity contribution >= 4 is 35.6 Å². The zero-order chi connectivity index (χ0) is 14.8. The van der Waals surface area contributed by atoms with Crippen molar-refractivity contribution in [3.63, 3.8) is 0 Å². The first-order valence-electron chi connectivity index (χ1n) is 7.12. The van der Waals surface area contributed by atoms with Crippen molar-refractivity contribution in [3.8, 4) is 5.75 Å². The first kappa shape index (κ1) is 19.9. The van der Waals surface area contributed by atoms with Gasteiger partial charge in [0.1, 0.15) is 5.75 Å². The maximum absolute atomic E-state index is 13.7. The fourth-order valence-corrected chi connectivity index (χ4v) is 3.02. The Bertz CT molecular complexity index is 637. The van der Waals surface area contributed by atoms with Crippen LogP contribution in [0, 0.1) is 0 Å². The van der Waals surface area contributed by atoms with Crippen LogP contribution in [0.5, 0.6) is 5.75 Å². The molecule has 0 bridgehead atoms. The third-order valence-corrected chi connectivity index (χ3v) is 4.04. The highest BCUT2D eigenvalue weighted by Gasteiger charge is 2.31. The summed E-state index contributed by atoms with van der Waals surface area (Å²) in [7, 11) is 0. The molecule has 7 heteroatoms. The molecule has 2 N–H and O–H groups in total. The van der Waals surface area contributed by atoms with E-state index in [1.54, 1.807) is 24.3 Å². The predicted octanol–water partition coefficient (Wildman–Crippen LogP) is 3.60. The number of phenolic OH excluding ortho intramolecular Hbond substituents is 1. The SMILES string of the molecule is Cl.Cl.Oc1ccc([C@H](C(F)F)N2CCNCC2)c2ccccc12. The van der Waals surface area contributed by atoms with Gasteiger partial charge in [0.15, 0.2) is 0 Å². The summed E-state index contributed by atoms with van der Waals surface area (Å²) in [6.07, 6.45) is -2.46.